The van der Waals surface area contributed by atoms with Crippen molar-refractivity contribution in [2.24, 2.45) is 0 Å². The van der Waals surface area contributed by atoms with Gasteiger partial charge in [0, 0.05) is 53.5 Å². The lowest BCUT2D eigenvalue weighted by Crippen LogP contribution is -2.20. The predicted molar refractivity (Wildman–Crippen MR) is 125 cm³/mol. The average Bonchev–Trinajstić information content (AvgIpc) is 2.81. The molecule has 5 nitrogen and oxygen atoms in total. The molecular formula is C25H22ClF3N4O. The van der Waals surface area contributed by atoms with Crippen molar-refractivity contribution in [2.75, 3.05) is 5.32 Å². The second-order valence-corrected chi connectivity index (χ2v) is 8.87. The number of halogens is 4. The first-order valence-electron chi connectivity index (χ1n) is 10.8. The molecule has 176 valence electrons. The minimum atomic E-state index is -2.79. The molecule has 0 saturated carbocycles. The van der Waals surface area contributed by atoms with Crippen LogP contribution in [0.5, 0.6) is 0 Å². The first-order valence-corrected chi connectivity index (χ1v) is 11.2. The lowest BCUT2D eigenvalue weighted by molar-refractivity contribution is -0.00606. The molecule has 1 aliphatic carbocycles. The Morgan fingerprint density at radius 2 is 1.85 bits per heavy atom. The van der Waals surface area contributed by atoms with Crippen molar-refractivity contribution in [1.29, 1.82) is 0 Å². The van der Waals surface area contributed by atoms with E-state index in [1.165, 1.54) is 42.9 Å². The molecule has 0 bridgehead atoms. The van der Waals surface area contributed by atoms with Crippen molar-refractivity contribution in [3.63, 3.8) is 0 Å². The highest BCUT2D eigenvalue weighted by atomic mass is 35.5. The zero-order chi connectivity index (χ0) is 24.5. The molecule has 0 atom stereocenters. The molecule has 2 heterocycles. The number of hydrogen-bond donors (Lipinski definition) is 1. The summed E-state index contributed by atoms with van der Waals surface area (Å²) in [6.45, 7) is 3.87. The summed E-state index contributed by atoms with van der Waals surface area (Å²) < 4.78 is 42.3. The number of pyridine rings is 1. The van der Waals surface area contributed by atoms with Gasteiger partial charge < -0.3 is 5.32 Å². The third-order valence-corrected chi connectivity index (χ3v) is 5.80. The van der Waals surface area contributed by atoms with Gasteiger partial charge in [0.2, 0.25) is 0 Å². The van der Waals surface area contributed by atoms with Crippen LogP contribution in [0.1, 0.15) is 60.9 Å². The highest BCUT2D eigenvalue weighted by molar-refractivity contribution is 6.30. The summed E-state index contributed by atoms with van der Waals surface area (Å²) in [4.78, 5) is 25.9. The Balaban J connectivity index is 1.80. The topological polar surface area (TPSA) is 67.8 Å². The maximum absolute atomic E-state index is 14.8. The van der Waals surface area contributed by atoms with E-state index in [4.69, 9.17) is 11.6 Å². The summed E-state index contributed by atoms with van der Waals surface area (Å²) in [7, 11) is 0. The smallest absolute Gasteiger partial charge is 0.258 e. The number of nitrogens with zero attached hydrogens (tertiary/aromatic N) is 3. The van der Waals surface area contributed by atoms with Gasteiger partial charge in [-0.05, 0) is 36.3 Å². The van der Waals surface area contributed by atoms with Crippen molar-refractivity contribution in [1.82, 2.24) is 15.0 Å². The van der Waals surface area contributed by atoms with Crippen molar-refractivity contribution in [3.8, 4) is 11.1 Å². The van der Waals surface area contributed by atoms with Crippen LogP contribution >= 0.6 is 11.6 Å². The van der Waals surface area contributed by atoms with Gasteiger partial charge in [-0.2, -0.15) is 0 Å². The highest BCUT2D eigenvalue weighted by Crippen LogP contribution is 2.41. The average molecular weight is 487 g/mol. The van der Waals surface area contributed by atoms with Gasteiger partial charge in [0.25, 0.3) is 11.8 Å². The Morgan fingerprint density at radius 3 is 2.50 bits per heavy atom. The van der Waals surface area contributed by atoms with Gasteiger partial charge in [0.1, 0.15) is 11.6 Å². The van der Waals surface area contributed by atoms with Gasteiger partial charge in [0.05, 0.1) is 16.9 Å². The number of allylic oxidation sites excluding steroid dienone is 2. The van der Waals surface area contributed by atoms with Gasteiger partial charge in [-0.1, -0.05) is 31.5 Å². The number of aromatic nitrogens is 3. The standard InChI is InChI=1S/C25H22ClF3N4O/c1-14(2)23-31-12-16(13-32-23)24(34)33-22-18(19-11-17(26)3-4-20(19)27)7-10-30-21(22)15-5-8-25(28,29)9-6-15/h3-5,7,10-14H,6,8-9H2,1-2H3,(H,33,34). The van der Waals surface area contributed by atoms with Crippen LogP contribution in [0.15, 0.2) is 48.9 Å². The monoisotopic (exact) mass is 486 g/mol. The summed E-state index contributed by atoms with van der Waals surface area (Å²) in [6.07, 6.45) is 4.98. The van der Waals surface area contributed by atoms with Crippen molar-refractivity contribution < 1.29 is 18.0 Å². The molecule has 2 aromatic heterocycles. The van der Waals surface area contributed by atoms with Crippen molar-refractivity contribution >= 4 is 28.8 Å². The van der Waals surface area contributed by atoms with Crippen LogP contribution in [0.2, 0.25) is 5.02 Å². The predicted octanol–water partition coefficient (Wildman–Crippen LogP) is 6.91. The van der Waals surface area contributed by atoms with E-state index in [1.807, 2.05) is 13.8 Å². The second kappa shape index (κ2) is 9.54. The van der Waals surface area contributed by atoms with Crippen LogP contribution < -0.4 is 5.32 Å². The minimum Gasteiger partial charge on any atom is -0.319 e. The van der Waals surface area contributed by atoms with Gasteiger partial charge in [-0.15, -0.1) is 0 Å². The lowest BCUT2D eigenvalue weighted by atomic mass is 9.91. The number of nitrogens with one attached hydrogen (secondary N) is 1. The second-order valence-electron chi connectivity index (χ2n) is 8.43. The zero-order valence-electron chi connectivity index (χ0n) is 18.6. The quantitative estimate of drug-likeness (QED) is 0.425. The molecule has 0 fully saturated rings. The molecule has 1 N–H and O–H groups in total. The number of carbonyl (C=O) groups excluding carboxylic acids is 1. The summed E-state index contributed by atoms with van der Waals surface area (Å²) in [5.74, 6) is -3.19. The van der Waals surface area contributed by atoms with E-state index >= 15 is 0 Å². The van der Waals surface area contributed by atoms with Gasteiger partial charge in [-0.3, -0.25) is 9.78 Å². The first-order chi connectivity index (χ1) is 16.1. The SMILES string of the molecule is CC(C)c1ncc(C(=O)Nc2c(-c3cc(Cl)ccc3F)ccnc2C2=CCC(F)(F)CC2)cn1. The van der Waals surface area contributed by atoms with Crippen LogP contribution in [0, 0.1) is 5.82 Å². The van der Waals surface area contributed by atoms with Crippen LogP contribution in [-0.4, -0.2) is 26.8 Å². The molecule has 0 saturated heterocycles. The Bertz CT molecular complexity index is 1260. The van der Waals surface area contributed by atoms with Gasteiger partial charge in [0.15, 0.2) is 0 Å². The molecule has 0 radical (unpaired) electrons. The van der Waals surface area contributed by atoms with E-state index in [1.54, 1.807) is 6.07 Å². The number of rotatable bonds is 5. The molecule has 0 aliphatic heterocycles. The Morgan fingerprint density at radius 1 is 1.12 bits per heavy atom. The van der Waals surface area contributed by atoms with Gasteiger partial charge in [-0.25, -0.2) is 23.1 Å². The fourth-order valence-corrected chi connectivity index (χ4v) is 3.88. The number of hydrogen-bond acceptors (Lipinski definition) is 4. The molecule has 0 unspecified atom stereocenters. The van der Waals surface area contributed by atoms with E-state index < -0.39 is 24.1 Å². The molecule has 3 aromatic rings. The lowest BCUT2D eigenvalue weighted by Gasteiger charge is -2.23. The Hall–Kier alpha value is -3.26. The normalized spacial score (nSPS) is 15.2. The molecular weight excluding hydrogens is 465 g/mol. The fourth-order valence-electron chi connectivity index (χ4n) is 3.71. The van der Waals surface area contributed by atoms with E-state index in [-0.39, 0.29) is 35.6 Å². The first kappa shape index (κ1) is 23.9. The molecule has 0 spiro atoms. The number of anilines is 1. The van der Waals surface area contributed by atoms with Crippen LogP contribution in [-0.2, 0) is 0 Å². The number of carbonyl (C=O) groups is 1. The molecule has 34 heavy (non-hydrogen) atoms. The highest BCUT2D eigenvalue weighted by Gasteiger charge is 2.32. The Kier molecular flexibility index (Phi) is 6.70. The molecule has 4 rings (SSSR count). The minimum absolute atomic E-state index is 0.0660. The van der Waals surface area contributed by atoms with E-state index in [0.717, 1.165) is 0 Å². The van der Waals surface area contributed by atoms with Crippen LogP contribution in [0.25, 0.3) is 16.7 Å². The molecule has 1 aromatic carbocycles. The van der Waals surface area contributed by atoms with Crippen molar-refractivity contribution in [2.45, 2.75) is 45.0 Å². The maximum Gasteiger partial charge on any atom is 0.258 e. The van der Waals surface area contributed by atoms with Crippen molar-refractivity contribution in [3.05, 3.63) is 76.9 Å². The van der Waals surface area contributed by atoms with E-state index in [9.17, 15) is 18.0 Å². The zero-order valence-corrected chi connectivity index (χ0v) is 19.3. The molecule has 9 heteroatoms. The largest absolute Gasteiger partial charge is 0.319 e. The summed E-state index contributed by atoms with van der Waals surface area (Å²) in [6, 6.07) is 5.63. The van der Waals surface area contributed by atoms with Crippen LogP contribution in [0.4, 0.5) is 18.9 Å². The fraction of sp³-hybridized carbons (Fsp3) is 0.280. The summed E-state index contributed by atoms with van der Waals surface area (Å²) in [5.41, 5.74) is 1.74. The third kappa shape index (κ3) is 5.12. The third-order valence-electron chi connectivity index (χ3n) is 5.57. The van der Waals surface area contributed by atoms with Gasteiger partial charge >= 0.3 is 0 Å². The maximum atomic E-state index is 14.8. The Labute approximate surface area is 200 Å². The van der Waals surface area contributed by atoms with E-state index in [0.29, 0.717) is 27.7 Å². The number of alkyl halides is 2. The summed E-state index contributed by atoms with van der Waals surface area (Å²) >= 11 is 6.10. The summed E-state index contributed by atoms with van der Waals surface area (Å²) in [5, 5.41) is 3.09. The number of benzene rings is 1. The number of amides is 1. The molecule has 1 aliphatic rings. The molecule has 1 amide bonds. The van der Waals surface area contributed by atoms with E-state index in [2.05, 4.69) is 20.3 Å². The van der Waals surface area contributed by atoms with Crippen LogP contribution in [0.3, 0.4) is 0 Å².